The lowest BCUT2D eigenvalue weighted by atomic mass is 10.1. The van der Waals surface area contributed by atoms with Crippen molar-refractivity contribution in [1.29, 1.82) is 0 Å². The molecule has 0 saturated carbocycles. The minimum Gasteiger partial charge on any atom is -0.478 e. The Balaban J connectivity index is 1.35. The number of aryl methyl sites for hydroxylation is 1. The van der Waals surface area contributed by atoms with Gasteiger partial charge in [-0.15, -0.1) is 0 Å². The predicted molar refractivity (Wildman–Crippen MR) is 128 cm³/mol. The normalized spacial score (nSPS) is 11.5. The number of aromatic nitrogens is 1. The number of amides is 2. The number of ether oxygens (including phenoxy) is 1. The van der Waals surface area contributed by atoms with Gasteiger partial charge in [0.2, 0.25) is 5.91 Å². The Labute approximate surface area is 201 Å². The average molecular weight is 474 g/mol. The summed E-state index contributed by atoms with van der Waals surface area (Å²) in [5.41, 5.74) is 7.11. The summed E-state index contributed by atoms with van der Waals surface area (Å²) in [7, 11) is 0. The highest BCUT2D eigenvalue weighted by Crippen LogP contribution is 2.32. The molecule has 0 bridgehead atoms. The molecule has 0 aliphatic rings. The number of oxazole rings is 1. The topological polar surface area (TPSA) is 93.5 Å². The summed E-state index contributed by atoms with van der Waals surface area (Å²) in [6, 6.07) is 25.0. The zero-order valence-electron chi connectivity index (χ0n) is 19.0. The molecule has 1 heterocycles. The number of carbonyl (C=O) groups is 2. The van der Waals surface area contributed by atoms with Gasteiger partial charge in [0.25, 0.3) is 5.91 Å². The van der Waals surface area contributed by atoms with Gasteiger partial charge in [-0.25, -0.2) is 9.37 Å². The Hall–Kier alpha value is -4.46. The molecule has 0 aliphatic carbocycles. The van der Waals surface area contributed by atoms with Crippen LogP contribution in [0.3, 0.4) is 0 Å². The number of rotatable bonds is 8. The number of halogens is 1. The van der Waals surface area contributed by atoms with E-state index in [9.17, 15) is 14.0 Å². The van der Waals surface area contributed by atoms with E-state index in [1.54, 1.807) is 6.07 Å². The first-order chi connectivity index (χ1) is 17.0. The fraction of sp³-hybridized carbons (Fsp3) is 0.148. The van der Waals surface area contributed by atoms with E-state index in [1.807, 2.05) is 60.7 Å². The molecule has 0 fully saturated rings. The summed E-state index contributed by atoms with van der Waals surface area (Å²) in [5, 5.41) is 0. The van der Waals surface area contributed by atoms with Crippen LogP contribution >= 0.6 is 0 Å². The predicted octanol–water partition coefficient (Wildman–Crippen LogP) is 4.70. The number of hydrazine groups is 1. The van der Waals surface area contributed by atoms with Gasteiger partial charge in [0.1, 0.15) is 5.69 Å². The van der Waals surface area contributed by atoms with Crippen molar-refractivity contribution >= 4 is 11.8 Å². The maximum atomic E-state index is 13.7. The van der Waals surface area contributed by atoms with Crippen molar-refractivity contribution in [3.8, 4) is 28.3 Å². The monoisotopic (exact) mass is 473 g/mol. The molecule has 1 unspecified atom stereocenters. The average Bonchev–Trinajstić information content (AvgIpc) is 3.33. The van der Waals surface area contributed by atoms with Crippen molar-refractivity contribution in [2.24, 2.45) is 0 Å². The first-order valence-electron chi connectivity index (χ1n) is 11.1. The fourth-order valence-corrected chi connectivity index (χ4v) is 3.35. The molecule has 4 aromatic rings. The zero-order chi connectivity index (χ0) is 24.6. The summed E-state index contributed by atoms with van der Waals surface area (Å²) in [6.07, 6.45) is -0.748. The largest absolute Gasteiger partial charge is 0.478 e. The van der Waals surface area contributed by atoms with Crippen LogP contribution in [0.5, 0.6) is 5.75 Å². The van der Waals surface area contributed by atoms with E-state index in [-0.39, 0.29) is 18.6 Å². The van der Waals surface area contributed by atoms with Crippen molar-refractivity contribution in [2.45, 2.75) is 25.9 Å². The molecule has 35 heavy (non-hydrogen) atoms. The van der Waals surface area contributed by atoms with Gasteiger partial charge >= 0.3 is 0 Å². The number of nitrogens with one attached hydrogen (secondary N) is 2. The van der Waals surface area contributed by atoms with Gasteiger partial charge in [-0.05, 0) is 19.1 Å². The fourth-order valence-electron chi connectivity index (χ4n) is 3.35. The minimum atomic E-state index is -1.01. The quantitative estimate of drug-likeness (QED) is 0.362. The van der Waals surface area contributed by atoms with E-state index >= 15 is 0 Å². The van der Waals surface area contributed by atoms with E-state index in [1.165, 1.54) is 25.1 Å². The van der Waals surface area contributed by atoms with Crippen molar-refractivity contribution in [1.82, 2.24) is 15.8 Å². The summed E-state index contributed by atoms with van der Waals surface area (Å²) >= 11 is 0. The van der Waals surface area contributed by atoms with Crippen LogP contribution in [0.15, 0.2) is 89.3 Å². The molecule has 1 aromatic heterocycles. The second kappa shape index (κ2) is 11.1. The number of carbonyl (C=O) groups excluding carboxylic acids is 2. The lowest BCUT2D eigenvalue weighted by Gasteiger charge is -2.15. The van der Waals surface area contributed by atoms with Gasteiger partial charge in [-0.2, -0.15) is 0 Å². The lowest BCUT2D eigenvalue weighted by Crippen LogP contribution is -2.47. The van der Waals surface area contributed by atoms with Crippen LogP contribution in [0.4, 0.5) is 4.39 Å². The summed E-state index contributed by atoms with van der Waals surface area (Å²) < 4.78 is 25.0. The van der Waals surface area contributed by atoms with Crippen LogP contribution in [0.1, 0.15) is 19.2 Å². The molecule has 0 saturated heterocycles. The molecular formula is C27H24FN3O4. The molecule has 178 valence electrons. The summed E-state index contributed by atoms with van der Waals surface area (Å²) in [5.74, 6) is -0.645. The molecule has 1 atom stereocenters. The zero-order valence-corrected chi connectivity index (χ0v) is 19.0. The van der Waals surface area contributed by atoms with Gasteiger partial charge in [-0.3, -0.25) is 20.4 Å². The first kappa shape index (κ1) is 23.7. The Morgan fingerprint density at radius 3 is 2.23 bits per heavy atom. The highest BCUT2D eigenvalue weighted by Gasteiger charge is 2.19. The van der Waals surface area contributed by atoms with Crippen LogP contribution in [-0.2, 0) is 16.0 Å². The third kappa shape index (κ3) is 6.11. The Kier molecular flexibility index (Phi) is 7.52. The second-order valence-electron chi connectivity index (χ2n) is 7.75. The number of hydrogen-bond acceptors (Lipinski definition) is 5. The van der Waals surface area contributed by atoms with Crippen molar-refractivity contribution < 1.29 is 23.1 Å². The van der Waals surface area contributed by atoms with Crippen LogP contribution in [0.2, 0.25) is 0 Å². The lowest BCUT2D eigenvalue weighted by molar-refractivity contribution is -0.132. The summed E-state index contributed by atoms with van der Waals surface area (Å²) in [4.78, 5) is 29.1. The Bertz CT molecular complexity index is 1240. The van der Waals surface area contributed by atoms with E-state index in [2.05, 4.69) is 15.8 Å². The maximum absolute atomic E-state index is 13.7. The number of hydrogen-bond donors (Lipinski definition) is 2. The van der Waals surface area contributed by atoms with Crippen molar-refractivity contribution in [2.75, 3.05) is 0 Å². The molecule has 4 rings (SSSR count). The molecule has 0 aliphatic heterocycles. The SMILES string of the molecule is CC(Oc1ccccc1F)C(=O)NNC(=O)CCc1nc(-c2ccccc2)c(-c2ccccc2)o1. The van der Waals surface area contributed by atoms with E-state index in [0.29, 0.717) is 17.3 Å². The third-order valence-corrected chi connectivity index (χ3v) is 5.16. The highest BCUT2D eigenvalue weighted by atomic mass is 19.1. The van der Waals surface area contributed by atoms with Gasteiger partial charge in [0.05, 0.1) is 0 Å². The molecule has 7 nitrogen and oxygen atoms in total. The Morgan fingerprint density at radius 2 is 1.54 bits per heavy atom. The van der Waals surface area contributed by atoms with Gasteiger partial charge < -0.3 is 9.15 Å². The van der Waals surface area contributed by atoms with Gasteiger partial charge in [0.15, 0.2) is 29.3 Å². The van der Waals surface area contributed by atoms with Crippen LogP contribution < -0.4 is 15.6 Å². The minimum absolute atomic E-state index is 0.0335. The molecule has 2 N–H and O–H groups in total. The van der Waals surface area contributed by atoms with Gasteiger partial charge in [-0.1, -0.05) is 72.8 Å². The third-order valence-electron chi connectivity index (χ3n) is 5.16. The molecular weight excluding hydrogens is 449 g/mol. The number of nitrogens with zero attached hydrogens (tertiary/aromatic N) is 1. The van der Waals surface area contributed by atoms with E-state index in [0.717, 1.165) is 11.1 Å². The second-order valence-corrected chi connectivity index (χ2v) is 7.75. The number of para-hydroxylation sites is 1. The first-order valence-corrected chi connectivity index (χ1v) is 11.1. The Morgan fingerprint density at radius 1 is 0.914 bits per heavy atom. The van der Waals surface area contributed by atoms with E-state index in [4.69, 9.17) is 9.15 Å². The molecule has 3 aromatic carbocycles. The van der Waals surface area contributed by atoms with Crippen molar-refractivity contribution in [3.63, 3.8) is 0 Å². The van der Waals surface area contributed by atoms with Gasteiger partial charge in [0, 0.05) is 24.0 Å². The number of benzene rings is 3. The van der Waals surface area contributed by atoms with E-state index < -0.39 is 23.7 Å². The van der Waals surface area contributed by atoms with Crippen LogP contribution in [0.25, 0.3) is 22.6 Å². The maximum Gasteiger partial charge on any atom is 0.279 e. The molecule has 0 spiro atoms. The van der Waals surface area contributed by atoms with Crippen LogP contribution in [-0.4, -0.2) is 22.9 Å². The standard InChI is InChI=1S/C27H24FN3O4/c1-18(34-22-15-9-8-14-21(22)28)27(33)31-30-23(32)16-17-24-29-25(19-10-4-2-5-11-19)26(35-24)20-12-6-3-7-13-20/h2-15,18H,16-17H2,1H3,(H,30,32)(H,31,33). The smallest absolute Gasteiger partial charge is 0.279 e. The molecule has 8 heteroatoms. The van der Waals surface area contributed by atoms with Crippen molar-refractivity contribution in [3.05, 3.63) is 96.6 Å². The molecule has 2 amide bonds. The van der Waals surface area contributed by atoms with Crippen LogP contribution in [0, 0.1) is 5.82 Å². The highest BCUT2D eigenvalue weighted by molar-refractivity contribution is 5.84. The summed E-state index contributed by atoms with van der Waals surface area (Å²) in [6.45, 7) is 1.46. The molecule has 0 radical (unpaired) electrons.